The van der Waals surface area contributed by atoms with Crippen LogP contribution in [0.2, 0.25) is 0 Å². The van der Waals surface area contributed by atoms with Crippen LogP contribution in [0.15, 0.2) is 0 Å². The van der Waals surface area contributed by atoms with Crippen molar-refractivity contribution < 1.29 is 0 Å². The molecule has 2 N–H and O–H groups in total. The number of hydrogen-bond donors (Lipinski definition) is 1. The first kappa shape index (κ1) is 14.1. The van der Waals surface area contributed by atoms with Crippen molar-refractivity contribution in [3.8, 4) is 0 Å². The molecular formula is C15H26N4. The summed E-state index contributed by atoms with van der Waals surface area (Å²) in [4.78, 5) is 11.4. The minimum atomic E-state index is 0.439. The van der Waals surface area contributed by atoms with Crippen LogP contribution in [0.3, 0.4) is 0 Å². The minimum absolute atomic E-state index is 0.439. The third-order valence-corrected chi connectivity index (χ3v) is 4.16. The number of nitrogens with zero attached hydrogens (tertiary/aromatic N) is 3. The molecule has 0 unspecified atom stereocenters. The Morgan fingerprint density at radius 2 is 1.95 bits per heavy atom. The molecule has 0 atom stereocenters. The van der Waals surface area contributed by atoms with Gasteiger partial charge in [-0.15, -0.1) is 0 Å². The van der Waals surface area contributed by atoms with Crippen LogP contribution in [0.4, 0.5) is 11.6 Å². The van der Waals surface area contributed by atoms with E-state index in [0.717, 1.165) is 36.7 Å². The largest absolute Gasteiger partial charge is 0.383 e. The molecule has 0 amide bonds. The van der Waals surface area contributed by atoms with Gasteiger partial charge in [-0.1, -0.05) is 20.8 Å². The molecule has 1 aromatic rings. The highest BCUT2D eigenvalue weighted by atomic mass is 15.2. The molecule has 2 rings (SSSR count). The van der Waals surface area contributed by atoms with Gasteiger partial charge in [-0.05, 0) is 31.6 Å². The molecule has 0 radical (unpaired) electrons. The zero-order valence-corrected chi connectivity index (χ0v) is 12.7. The van der Waals surface area contributed by atoms with E-state index in [1.165, 1.54) is 19.3 Å². The van der Waals surface area contributed by atoms with Crippen LogP contribution in [0, 0.1) is 12.3 Å². The van der Waals surface area contributed by atoms with Gasteiger partial charge in [-0.2, -0.15) is 0 Å². The van der Waals surface area contributed by atoms with Gasteiger partial charge in [0.05, 0.1) is 0 Å². The van der Waals surface area contributed by atoms with Crippen molar-refractivity contribution in [1.29, 1.82) is 0 Å². The predicted molar refractivity (Wildman–Crippen MR) is 80.4 cm³/mol. The first-order valence-corrected chi connectivity index (χ1v) is 7.31. The summed E-state index contributed by atoms with van der Waals surface area (Å²) in [5.41, 5.74) is 7.48. The maximum Gasteiger partial charge on any atom is 0.137 e. The van der Waals surface area contributed by atoms with Crippen molar-refractivity contribution in [2.75, 3.05) is 23.7 Å². The van der Waals surface area contributed by atoms with E-state index in [2.05, 4.69) is 30.7 Å². The fourth-order valence-electron chi connectivity index (χ4n) is 2.67. The number of nitrogens with two attached hydrogens (primary N) is 1. The molecule has 0 spiro atoms. The Bertz CT molecular complexity index is 454. The Hall–Kier alpha value is -1.32. The average Bonchev–Trinajstić information content (AvgIpc) is 2.53. The molecule has 4 nitrogen and oxygen atoms in total. The highest BCUT2D eigenvalue weighted by Gasteiger charge is 2.25. The summed E-state index contributed by atoms with van der Waals surface area (Å²) >= 11 is 0. The summed E-state index contributed by atoms with van der Waals surface area (Å²) < 4.78 is 0. The maximum atomic E-state index is 6.02. The number of aromatic nitrogens is 2. The summed E-state index contributed by atoms with van der Waals surface area (Å²) in [5, 5.41) is 0. The summed E-state index contributed by atoms with van der Waals surface area (Å²) in [7, 11) is 0. The lowest BCUT2D eigenvalue weighted by Gasteiger charge is -2.25. The van der Waals surface area contributed by atoms with Gasteiger partial charge < -0.3 is 10.6 Å². The lowest BCUT2D eigenvalue weighted by Crippen LogP contribution is -2.27. The number of hydrogen-bond acceptors (Lipinski definition) is 4. The Labute approximate surface area is 116 Å². The molecule has 0 aliphatic carbocycles. The van der Waals surface area contributed by atoms with Gasteiger partial charge >= 0.3 is 0 Å². The average molecular weight is 262 g/mol. The van der Waals surface area contributed by atoms with Gasteiger partial charge in [0.2, 0.25) is 0 Å². The normalized spacial score (nSPS) is 19.3. The predicted octanol–water partition coefficient (Wildman–Crippen LogP) is 2.95. The van der Waals surface area contributed by atoms with E-state index in [9.17, 15) is 0 Å². The number of anilines is 2. The van der Waals surface area contributed by atoms with E-state index in [4.69, 9.17) is 10.7 Å². The van der Waals surface area contributed by atoms with Gasteiger partial charge in [0, 0.05) is 25.1 Å². The summed E-state index contributed by atoms with van der Waals surface area (Å²) in [6.45, 7) is 10.9. The maximum absolute atomic E-state index is 6.02. The van der Waals surface area contributed by atoms with Crippen molar-refractivity contribution in [3.63, 3.8) is 0 Å². The molecule has 4 heteroatoms. The second kappa shape index (κ2) is 5.35. The minimum Gasteiger partial charge on any atom is -0.383 e. The SMILES string of the molecule is CCc1nc(N)c(C)c(N2CCCC(C)(C)CC2)n1. The smallest absolute Gasteiger partial charge is 0.137 e. The van der Waals surface area contributed by atoms with E-state index in [-0.39, 0.29) is 0 Å². The van der Waals surface area contributed by atoms with Crippen LogP contribution < -0.4 is 10.6 Å². The standard InChI is InChI=1S/C15H26N4/c1-5-12-17-13(16)11(2)14(18-12)19-9-6-7-15(3,4)8-10-19/h5-10H2,1-4H3,(H2,16,17,18). The monoisotopic (exact) mass is 262 g/mol. The second-order valence-electron chi connectivity index (χ2n) is 6.33. The van der Waals surface area contributed by atoms with Gasteiger partial charge in [-0.25, -0.2) is 9.97 Å². The van der Waals surface area contributed by atoms with Gasteiger partial charge in [0.1, 0.15) is 17.5 Å². The fourth-order valence-corrected chi connectivity index (χ4v) is 2.67. The van der Waals surface area contributed by atoms with Gasteiger partial charge in [-0.3, -0.25) is 0 Å². The van der Waals surface area contributed by atoms with E-state index < -0.39 is 0 Å². The molecule has 19 heavy (non-hydrogen) atoms. The van der Waals surface area contributed by atoms with Crippen LogP contribution in [0.5, 0.6) is 0 Å². The Kier molecular flexibility index (Phi) is 3.97. The summed E-state index contributed by atoms with van der Waals surface area (Å²) in [5.74, 6) is 2.52. The van der Waals surface area contributed by atoms with Gasteiger partial charge in [0.15, 0.2) is 0 Å². The molecule has 1 aromatic heterocycles. The van der Waals surface area contributed by atoms with Crippen LogP contribution in [-0.4, -0.2) is 23.1 Å². The molecular weight excluding hydrogens is 236 g/mol. The van der Waals surface area contributed by atoms with Crippen molar-refractivity contribution in [3.05, 3.63) is 11.4 Å². The van der Waals surface area contributed by atoms with E-state index in [0.29, 0.717) is 11.2 Å². The van der Waals surface area contributed by atoms with Crippen LogP contribution in [0.25, 0.3) is 0 Å². The Morgan fingerprint density at radius 1 is 1.21 bits per heavy atom. The molecule has 1 aliphatic rings. The third kappa shape index (κ3) is 3.17. The first-order valence-electron chi connectivity index (χ1n) is 7.31. The Balaban J connectivity index is 2.28. The van der Waals surface area contributed by atoms with Crippen molar-refractivity contribution in [2.45, 2.75) is 53.4 Å². The molecule has 1 aliphatic heterocycles. The van der Waals surface area contributed by atoms with E-state index >= 15 is 0 Å². The molecule has 0 bridgehead atoms. The molecule has 1 saturated heterocycles. The quantitative estimate of drug-likeness (QED) is 0.890. The molecule has 1 fully saturated rings. The topological polar surface area (TPSA) is 55.0 Å². The van der Waals surface area contributed by atoms with E-state index in [1.807, 2.05) is 6.92 Å². The summed E-state index contributed by atoms with van der Waals surface area (Å²) in [6.07, 6.45) is 4.54. The zero-order chi connectivity index (χ0) is 14.0. The molecule has 0 aromatic carbocycles. The first-order chi connectivity index (χ1) is 8.93. The summed E-state index contributed by atoms with van der Waals surface area (Å²) in [6, 6.07) is 0. The third-order valence-electron chi connectivity index (χ3n) is 4.16. The van der Waals surface area contributed by atoms with Gasteiger partial charge in [0.25, 0.3) is 0 Å². The highest BCUT2D eigenvalue weighted by Crippen LogP contribution is 2.32. The van der Waals surface area contributed by atoms with E-state index in [1.54, 1.807) is 0 Å². The molecule has 2 heterocycles. The van der Waals surface area contributed by atoms with Crippen LogP contribution in [-0.2, 0) is 6.42 Å². The fraction of sp³-hybridized carbons (Fsp3) is 0.733. The number of aryl methyl sites for hydroxylation is 1. The van der Waals surface area contributed by atoms with Crippen LogP contribution >= 0.6 is 0 Å². The molecule has 106 valence electrons. The zero-order valence-electron chi connectivity index (χ0n) is 12.7. The van der Waals surface area contributed by atoms with Crippen LogP contribution in [0.1, 0.15) is 51.4 Å². The number of nitrogen functional groups attached to an aromatic ring is 1. The number of rotatable bonds is 2. The lowest BCUT2D eigenvalue weighted by molar-refractivity contribution is 0.325. The van der Waals surface area contributed by atoms with Crippen molar-refractivity contribution in [1.82, 2.24) is 9.97 Å². The Morgan fingerprint density at radius 3 is 2.63 bits per heavy atom. The van der Waals surface area contributed by atoms with Crippen molar-refractivity contribution >= 4 is 11.6 Å². The second-order valence-corrected chi connectivity index (χ2v) is 6.33. The van der Waals surface area contributed by atoms with Crippen molar-refractivity contribution in [2.24, 2.45) is 5.41 Å². The highest BCUT2D eigenvalue weighted by molar-refractivity contribution is 5.56. The molecule has 0 saturated carbocycles. The lowest BCUT2D eigenvalue weighted by atomic mass is 9.85.